The fourth-order valence-electron chi connectivity index (χ4n) is 3.59. The lowest BCUT2D eigenvalue weighted by atomic mass is 10.0. The van der Waals surface area contributed by atoms with E-state index in [-0.39, 0.29) is 12.8 Å². The molecular weight excluding hydrogens is 380 g/mol. The van der Waals surface area contributed by atoms with Gasteiger partial charge in [0, 0.05) is 19.3 Å². The maximum atomic E-state index is 11.6. The first-order valence-electron chi connectivity index (χ1n) is 12.5. The monoisotopic (exact) mass is 426 g/mol. The van der Waals surface area contributed by atoms with E-state index in [1.54, 1.807) is 0 Å². The minimum Gasteiger partial charge on any atom is -0.481 e. The summed E-state index contributed by atoms with van der Waals surface area (Å²) >= 11 is 0. The van der Waals surface area contributed by atoms with Crippen molar-refractivity contribution in [3.05, 3.63) is 0 Å². The van der Waals surface area contributed by atoms with Crippen molar-refractivity contribution in [2.24, 2.45) is 0 Å². The molecule has 0 saturated heterocycles. The Bertz CT molecular complexity index is 433. The number of hydrogen-bond acceptors (Lipinski definition) is 4. The summed E-state index contributed by atoms with van der Waals surface area (Å²) in [7, 11) is 0. The molecule has 0 rings (SSSR count). The summed E-state index contributed by atoms with van der Waals surface area (Å²) in [4.78, 5) is 33.6. The molecule has 0 aromatic carbocycles. The normalized spacial score (nSPS) is 10.8. The van der Waals surface area contributed by atoms with Gasteiger partial charge in [0.05, 0.1) is 0 Å². The van der Waals surface area contributed by atoms with E-state index in [2.05, 4.69) is 6.92 Å². The Hall–Kier alpha value is -1.39. The Kier molecular flexibility index (Phi) is 21.3. The van der Waals surface area contributed by atoms with Gasteiger partial charge >= 0.3 is 17.9 Å². The molecule has 30 heavy (non-hydrogen) atoms. The van der Waals surface area contributed by atoms with E-state index in [1.807, 2.05) is 0 Å². The van der Waals surface area contributed by atoms with Gasteiger partial charge in [-0.05, 0) is 19.3 Å². The molecule has 1 N–H and O–H groups in total. The first-order valence-corrected chi connectivity index (χ1v) is 12.5. The van der Waals surface area contributed by atoms with Gasteiger partial charge in [0.25, 0.3) is 0 Å². The summed E-state index contributed by atoms with van der Waals surface area (Å²) < 4.78 is 4.80. The van der Waals surface area contributed by atoms with Crippen molar-refractivity contribution in [1.82, 2.24) is 0 Å². The Morgan fingerprint density at radius 3 is 1.17 bits per heavy atom. The van der Waals surface area contributed by atoms with Gasteiger partial charge in [-0.25, -0.2) is 0 Å². The average molecular weight is 427 g/mol. The summed E-state index contributed by atoms with van der Waals surface area (Å²) in [5, 5.41) is 8.54. The number of esters is 2. The van der Waals surface area contributed by atoms with Crippen LogP contribution in [0.5, 0.6) is 0 Å². The first kappa shape index (κ1) is 28.6. The Morgan fingerprint density at radius 1 is 0.500 bits per heavy atom. The van der Waals surface area contributed by atoms with Crippen LogP contribution in [0.1, 0.15) is 142 Å². The van der Waals surface area contributed by atoms with Crippen molar-refractivity contribution in [2.45, 2.75) is 142 Å². The predicted molar refractivity (Wildman–Crippen MR) is 121 cm³/mol. The van der Waals surface area contributed by atoms with Gasteiger partial charge in [0.15, 0.2) is 0 Å². The summed E-state index contributed by atoms with van der Waals surface area (Å²) in [6, 6.07) is 0. The highest BCUT2D eigenvalue weighted by atomic mass is 16.6. The molecule has 0 heterocycles. The highest BCUT2D eigenvalue weighted by Crippen LogP contribution is 2.14. The van der Waals surface area contributed by atoms with E-state index >= 15 is 0 Å². The third-order valence-corrected chi connectivity index (χ3v) is 5.48. The van der Waals surface area contributed by atoms with Crippen molar-refractivity contribution in [3.8, 4) is 0 Å². The fourth-order valence-corrected chi connectivity index (χ4v) is 3.59. The second kappa shape index (κ2) is 22.3. The van der Waals surface area contributed by atoms with Crippen molar-refractivity contribution in [2.75, 3.05) is 0 Å². The number of carboxylic acids is 1. The SMILES string of the molecule is CCCCCCCCCCCCCCCCCC(=O)OC(=O)CCCCCC(=O)O. The van der Waals surface area contributed by atoms with Crippen LogP contribution >= 0.6 is 0 Å². The second-order valence-electron chi connectivity index (χ2n) is 8.50. The molecule has 0 unspecified atom stereocenters. The Balaban J connectivity index is 3.29. The lowest BCUT2D eigenvalue weighted by Crippen LogP contribution is -2.11. The van der Waals surface area contributed by atoms with E-state index in [1.165, 1.54) is 77.0 Å². The third kappa shape index (κ3) is 22.9. The molecule has 0 aromatic rings. The maximum absolute atomic E-state index is 11.6. The number of unbranched alkanes of at least 4 members (excludes halogenated alkanes) is 16. The van der Waals surface area contributed by atoms with Crippen LogP contribution in [-0.4, -0.2) is 23.0 Å². The van der Waals surface area contributed by atoms with Crippen LogP contribution in [0.25, 0.3) is 0 Å². The molecule has 0 amide bonds. The lowest BCUT2D eigenvalue weighted by molar-refractivity contribution is -0.159. The zero-order chi connectivity index (χ0) is 22.3. The molecule has 0 aromatic heterocycles. The van der Waals surface area contributed by atoms with Gasteiger partial charge in [0.2, 0.25) is 0 Å². The molecular formula is C25H46O5. The first-order chi connectivity index (χ1) is 14.6. The van der Waals surface area contributed by atoms with Crippen LogP contribution in [0.2, 0.25) is 0 Å². The minimum atomic E-state index is -0.823. The highest BCUT2D eigenvalue weighted by Gasteiger charge is 2.10. The highest BCUT2D eigenvalue weighted by molar-refractivity contribution is 5.85. The molecule has 0 bridgehead atoms. The van der Waals surface area contributed by atoms with Crippen molar-refractivity contribution in [1.29, 1.82) is 0 Å². The van der Waals surface area contributed by atoms with Crippen LogP contribution in [0, 0.1) is 0 Å². The van der Waals surface area contributed by atoms with E-state index < -0.39 is 17.9 Å². The van der Waals surface area contributed by atoms with Gasteiger partial charge in [-0.2, -0.15) is 0 Å². The predicted octanol–water partition coefficient (Wildman–Crippen LogP) is 7.35. The number of carboxylic acid groups (broad SMARTS) is 1. The van der Waals surface area contributed by atoms with Gasteiger partial charge < -0.3 is 9.84 Å². The summed E-state index contributed by atoms with van der Waals surface area (Å²) in [5.41, 5.74) is 0. The maximum Gasteiger partial charge on any atom is 0.313 e. The summed E-state index contributed by atoms with van der Waals surface area (Å²) in [6.07, 6.45) is 21.6. The van der Waals surface area contributed by atoms with Crippen LogP contribution in [-0.2, 0) is 19.1 Å². The van der Waals surface area contributed by atoms with Gasteiger partial charge in [-0.15, -0.1) is 0 Å². The number of aliphatic carboxylic acids is 1. The zero-order valence-corrected chi connectivity index (χ0v) is 19.4. The van der Waals surface area contributed by atoms with Crippen molar-refractivity contribution >= 4 is 17.9 Å². The topological polar surface area (TPSA) is 80.7 Å². The molecule has 0 aliphatic heterocycles. The number of hydrogen-bond donors (Lipinski definition) is 1. The zero-order valence-electron chi connectivity index (χ0n) is 19.4. The van der Waals surface area contributed by atoms with E-state index in [0.717, 1.165) is 19.3 Å². The number of carbonyl (C=O) groups is 3. The molecule has 0 radical (unpaired) electrons. The molecule has 0 aliphatic rings. The molecule has 5 nitrogen and oxygen atoms in total. The third-order valence-electron chi connectivity index (χ3n) is 5.48. The molecule has 0 aliphatic carbocycles. The number of rotatable bonds is 22. The van der Waals surface area contributed by atoms with E-state index in [9.17, 15) is 14.4 Å². The van der Waals surface area contributed by atoms with Gasteiger partial charge in [0.1, 0.15) is 0 Å². The fraction of sp³-hybridized carbons (Fsp3) is 0.880. The van der Waals surface area contributed by atoms with Crippen LogP contribution in [0.4, 0.5) is 0 Å². The number of carbonyl (C=O) groups excluding carboxylic acids is 2. The average Bonchev–Trinajstić information content (AvgIpc) is 2.70. The van der Waals surface area contributed by atoms with Gasteiger partial charge in [-0.1, -0.05) is 103 Å². The van der Waals surface area contributed by atoms with Crippen LogP contribution in [0.15, 0.2) is 0 Å². The molecule has 176 valence electrons. The van der Waals surface area contributed by atoms with E-state index in [0.29, 0.717) is 25.7 Å². The molecule has 0 saturated carbocycles. The van der Waals surface area contributed by atoms with Crippen molar-refractivity contribution in [3.63, 3.8) is 0 Å². The number of ether oxygens (including phenoxy) is 1. The standard InChI is InChI=1S/C25H46O5/c1-2-3-4-5-6-7-8-9-10-11-12-13-14-15-18-21-24(28)30-25(29)22-19-16-17-20-23(26)27/h2-22H2,1H3,(H,26,27). The van der Waals surface area contributed by atoms with Crippen LogP contribution in [0.3, 0.4) is 0 Å². The summed E-state index contributed by atoms with van der Waals surface area (Å²) in [6.45, 7) is 2.26. The molecule has 5 heteroatoms. The molecule has 0 atom stereocenters. The largest absolute Gasteiger partial charge is 0.481 e. The molecule has 0 fully saturated rings. The quantitative estimate of drug-likeness (QED) is 0.111. The smallest absolute Gasteiger partial charge is 0.313 e. The van der Waals surface area contributed by atoms with Crippen molar-refractivity contribution < 1.29 is 24.2 Å². The lowest BCUT2D eigenvalue weighted by Gasteiger charge is -2.04. The van der Waals surface area contributed by atoms with E-state index in [4.69, 9.17) is 9.84 Å². The Morgan fingerprint density at radius 2 is 0.800 bits per heavy atom. The Labute approximate surface area is 184 Å². The second-order valence-corrected chi connectivity index (χ2v) is 8.50. The molecule has 0 spiro atoms. The van der Waals surface area contributed by atoms with Gasteiger partial charge in [-0.3, -0.25) is 14.4 Å². The van der Waals surface area contributed by atoms with Crippen LogP contribution < -0.4 is 0 Å². The summed E-state index contributed by atoms with van der Waals surface area (Å²) in [5.74, 6) is -1.74. The minimum absolute atomic E-state index is 0.118.